The van der Waals surface area contributed by atoms with Gasteiger partial charge >= 0.3 is 0 Å². The number of hydrogen-bond acceptors (Lipinski definition) is 0. The second-order valence-electron chi connectivity index (χ2n) is 3.43. The lowest BCUT2D eigenvalue weighted by Crippen LogP contribution is -1.84. The van der Waals surface area contributed by atoms with E-state index in [2.05, 4.69) is 56.0 Å². The molecular weight excluding hydrogens is 180 g/mol. The maximum atomic E-state index is 3.74. The van der Waals surface area contributed by atoms with Crippen molar-refractivity contribution in [3.63, 3.8) is 0 Å². The molecule has 0 saturated carbocycles. The molecule has 0 heteroatoms. The van der Waals surface area contributed by atoms with Gasteiger partial charge in [0, 0.05) is 0 Å². The first-order valence-electron chi connectivity index (χ1n) is 5.31. The third-order valence-corrected chi connectivity index (χ3v) is 2.32. The number of allylic oxidation sites excluding steroid dienone is 5. The molecule has 0 amide bonds. The molecule has 0 aliphatic rings. The lowest BCUT2D eigenvalue weighted by atomic mass is 10.0. The van der Waals surface area contributed by atoms with E-state index in [-0.39, 0.29) is 0 Å². The average molecular weight is 198 g/mol. The summed E-state index contributed by atoms with van der Waals surface area (Å²) in [7, 11) is 0. The second kappa shape index (κ2) is 6.02. The standard InChI is InChI=1S/C15H18/c1-4-7-13-9-11-15(12-10-13)14(6-3)8-5-2/h4-6,8-12H,1,7H2,2-3H3/b8-5-,14-6+. The summed E-state index contributed by atoms with van der Waals surface area (Å²) < 4.78 is 0. The van der Waals surface area contributed by atoms with E-state index in [0.717, 1.165) is 6.42 Å². The van der Waals surface area contributed by atoms with E-state index >= 15 is 0 Å². The predicted octanol–water partition coefficient (Wildman–Crippen LogP) is 4.39. The summed E-state index contributed by atoms with van der Waals surface area (Å²) >= 11 is 0. The summed E-state index contributed by atoms with van der Waals surface area (Å²) in [6, 6.07) is 8.64. The molecule has 1 aromatic rings. The molecule has 0 aliphatic heterocycles. The summed E-state index contributed by atoms with van der Waals surface area (Å²) in [5, 5.41) is 0. The molecule has 0 saturated heterocycles. The van der Waals surface area contributed by atoms with Crippen LogP contribution in [0.15, 0.2) is 55.1 Å². The molecular formula is C15H18. The van der Waals surface area contributed by atoms with Crippen LogP contribution in [-0.4, -0.2) is 0 Å². The SMILES string of the molecule is C=CCc1ccc(C(/C=C\C)=C/C)cc1. The van der Waals surface area contributed by atoms with Crippen LogP contribution in [0.25, 0.3) is 5.57 Å². The Morgan fingerprint density at radius 3 is 2.33 bits per heavy atom. The number of rotatable bonds is 4. The summed E-state index contributed by atoms with van der Waals surface area (Å²) in [6.45, 7) is 7.84. The Kier molecular flexibility index (Phi) is 4.62. The summed E-state index contributed by atoms with van der Waals surface area (Å²) in [5.74, 6) is 0. The Morgan fingerprint density at radius 1 is 1.20 bits per heavy atom. The fourth-order valence-electron chi connectivity index (χ4n) is 1.54. The zero-order valence-corrected chi connectivity index (χ0v) is 9.53. The van der Waals surface area contributed by atoms with E-state index in [1.54, 1.807) is 0 Å². The van der Waals surface area contributed by atoms with Gasteiger partial charge in [-0.15, -0.1) is 6.58 Å². The van der Waals surface area contributed by atoms with E-state index in [1.165, 1.54) is 16.7 Å². The van der Waals surface area contributed by atoms with Gasteiger partial charge in [0.1, 0.15) is 0 Å². The third-order valence-electron chi connectivity index (χ3n) is 2.32. The van der Waals surface area contributed by atoms with Gasteiger partial charge in [0.05, 0.1) is 0 Å². The quantitative estimate of drug-likeness (QED) is 0.497. The first-order chi connectivity index (χ1) is 7.31. The minimum atomic E-state index is 0.940. The molecule has 0 heterocycles. The van der Waals surface area contributed by atoms with Crippen molar-refractivity contribution in [3.8, 4) is 0 Å². The van der Waals surface area contributed by atoms with Crippen molar-refractivity contribution >= 4 is 5.57 Å². The first kappa shape index (κ1) is 11.5. The Bertz CT molecular complexity index is 364. The van der Waals surface area contributed by atoms with Crippen LogP contribution in [-0.2, 0) is 6.42 Å². The van der Waals surface area contributed by atoms with E-state index in [9.17, 15) is 0 Å². The molecule has 1 rings (SSSR count). The molecule has 78 valence electrons. The van der Waals surface area contributed by atoms with Crippen LogP contribution in [0.3, 0.4) is 0 Å². The fraction of sp³-hybridized carbons (Fsp3) is 0.200. The molecule has 0 nitrogen and oxygen atoms in total. The number of hydrogen-bond donors (Lipinski definition) is 0. The van der Waals surface area contributed by atoms with Crippen LogP contribution in [0.2, 0.25) is 0 Å². The van der Waals surface area contributed by atoms with Gasteiger partial charge < -0.3 is 0 Å². The summed E-state index contributed by atoms with van der Waals surface area (Å²) in [4.78, 5) is 0. The minimum Gasteiger partial charge on any atom is -0.103 e. The maximum absolute atomic E-state index is 3.74. The molecule has 0 aromatic heterocycles. The van der Waals surface area contributed by atoms with Gasteiger partial charge in [-0.1, -0.05) is 48.6 Å². The van der Waals surface area contributed by atoms with Gasteiger partial charge in [-0.3, -0.25) is 0 Å². The highest BCUT2D eigenvalue weighted by atomic mass is 14.0. The van der Waals surface area contributed by atoms with Gasteiger partial charge in [0.15, 0.2) is 0 Å². The van der Waals surface area contributed by atoms with Crippen molar-refractivity contribution in [2.24, 2.45) is 0 Å². The largest absolute Gasteiger partial charge is 0.103 e. The van der Waals surface area contributed by atoms with E-state index in [4.69, 9.17) is 0 Å². The zero-order valence-electron chi connectivity index (χ0n) is 9.53. The molecule has 0 unspecified atom stereocenters. The van der Waals surface area contributed by atoms with Crippen molar-refractivity contribution < 1.29 is 0 Å². The third kappa shape index (κ3) is 3.25. The van der Waals surface area contributed by atoms with Gasteiger partial charge in [0.25, 0.3) is 0 Å². The molecule has 0 radical (unpaired) electrons. The Morgan fingerprint density at radius 2 is 1.87 bits per heavy atom. The zero-order chi connectivity index (χ0) is 11.1. The maximum Gasteiger partial charge on any atom is -0.0100 e. The van der Waals surface area contributed by atoms with E-state index in [1.807, 2.05) is 13.0 Å². The highest BCUT2D eigenvalue weighted by molar-refractivity contribution is 5.73. The molecule has 0 N–H and O–H groups in total. The lowest BCUT2D eigenvalue weighted by molar-refractivity contribution is 1.27. The molecule has 0 atom stereocenters. The van der Waals surface area contributed by atoms with Gasteiger partial charge in [0.2, 0.25) is 0 Å². The van der Waals surface area contributed by atoms with Crippen LogP contribution in [0, 0.1) is 0 Å². The second-order valence-corrected chi connectivity index (χ2v) is 3.43. The Hall–Kier alpha value is -1.56. The van der Waals surface area contributed by atoms with Crippen LogP contribution >= 0.6 is 0 Å². The van der Waals surface area contributed by atoms with Crippen molar-refractivity contribution in [1.29, 1.82) is 0 Å². The van der Waals surface area contributed by atoms with Gasteiger partial charge in [-0.2, -0.15) is 0 Å². The predicted molar refractivity (Wildman–Crippen MR) is 68.8 cm³/mol. The minimum absolute atomic E-state index is 0.940. The normalized spacial score (nSPS) is 12.0. The summed E-state index contributed by atoms with van der Waals surface area (Å²) in [6.07, 6.45) is 9.19. The molecule has 0 bridgehead atoms. The van der Waals surface area contributed by atoms with Crippen LogP contribution in [0.1, 0.15) is 25.0 Å². The highest BCUT2D eigenvalue weighted by Gasteiger charge is 1.96. The van der Waals surface area contributed by atoms with Crippen molar-refractivity contribution in [1.82, 2.24) is 0 Å². The van der Waals surface area contributed by atoms with Crippen molar-refractivity contribution in [2.45, 2.75) is 20.3 Å². The average Bonchev–Trinajstić information content (AvgIpc) is 2.28. The molecule has 0 spiro atoms. The summed E-state index contributed by atoms with van der Waals surface area (Å²) in [5.41, 5.74) is 3.84. The Balaban J connectivity index is 2.92. The molecule has 15 heavy (non-hydrogen) atoms. The van der Waals surface area contributed by atoms with Crippen molar-refractivity contribution in [3.05, 3.63) is 66.3 Å². The lowest BCUT2D eigenvalue weighted by Gasteiger charge is -2.03. The smallest absolute Gasteiger partial charge is 0.0100 e. The fourth-order valence-corrected chi connectivity index (χ4v) is 1.54. The molecule has 1 aromatic carbocycles. The molecule has 0 fully saturated rings. The van der Waals surface area contributed by atoms with Crippen LogP contribution in [0.5, 0.6) is 0 Å². The Labute approximate surface area is 92.6 Å². The van der Waals surface area contributed by atoms with E-state index < -0.39 is 0 Å². The first-order valence-corrected chi connectivity index (χ1v) is 5.31. The monoisotopic (exact) mass is 198 g/mol. The van der Waals surface area contributed by atoms with E-state index in [0.29, 0.717) is 0 Å². The van der Waals surface area contributed by atoms with Crippen LogP contribution in [0.4, 0.5) is 0 Å². The van der Waals surface area contributed by atoms with Crippen molar-refractivity contribution in [2.75, 3.05) is 0 Å². The number of benzene rings is 1. The molecule has 0 aliphatic carbocycles. The van der Waals surface area contributed by atoms with Crippen LogP contribution < -0.4 is 0 Å². The van der Waals surface area contributed by atoms with Gasteiger partial charge in [-0.25, -0.2) is 0 Å². The topological polar surface area (TPSA) is 0 Å². The highest BCUT2D eigenvalue weighted by Crippen LogP contribution is 2.16. The van der Waals surface area contributed by atoms with Gasteiger partial charge in [-0.05, 0) is 37.0 Å².